The summed E-state index contributed by atoms with van der Waals surface area (Å²) >= 11 is 0. The molecule has 3 N–H and O–H groups in total. The average Bonchev–Trinajstić information content (AvgIpc) is 3.11. The van der Waals surface area contributed by atoms with Gasteiger partial charge in [0.2, 0.25) is 5.89 Å². The van der Waals surface area contributed by atoms with Crippen molar-refractivity contribution in [3.05, 3.63) is 36.7 Å². The van der Waals surface area contributed by atoms with Crippen LogP contribution in [0.4, 0.5) is 10.5 Å². The molecule has 0 unspecified atom stereocenters. The number of urea groups is 1. The first-order valence-corrected chi connectivity index (χ1v) is 8.58. The summed E-state index contributed by atoms with van der Waals surface area (Å²) in [6.07, 6.45) is 4.61. The molecule has 2 amide bonds. The predicted octanol–water partition coefficient (Wildman–Crippen LogP) is 2.40. The summed E-state index contributed by atoms with van der Waals surface area (Å²) in [4.78, 5) is 28.9. The summed E-state index contributed by atoms with van der Waals surface area (Å²) in [7, 11) is 0. The summed E-state index contributed by atoms with van der Waals surface area (Å²) in [5.41, 5.74) is 1.51. The van der Waals surface area contributed by atoms with Crippen LogP contribution in [0, 0.1) is 0 Å². The number of aliphatic carboxylic acids is 1. The zero-order valence-electron chi connectivity index (χ0n) is 14.5. The van der Waals surface area contributed by atoms with Gasteiger partial charge in [-0.25, -0.2) is 9.78 Å². The van der Waals surface area contributed by atoms with Crippen LogP contribution in [0.2, 0.25) is 0 Å². The van der Waals surface area contributed by atoms with Gasteiger partial charge in [-0.15, -0.1) is 0 Å². The van der Waals surface area contributed by atoms with Crippen molar-refractivity contribution in [1.82, 2.24) is 15.2 Å². The number of benzene rings is 1. The highest BCUT2D eigenvalue weighted by Gasteiger charge is 2.34. The minimum absolute atomic E-state index is 0.0386. The topological polar surface area (TPSA) is 108 Å². The molecule has 3 rings (SSSR count). The van der Waals surface area contributed by atoms with Gasteiger partial charge in [-0.1, -0.05) is 6.92 Å². The number of anilines is 1. The zero-order valence-corrected chi connectivity index (χ0v) is 14.5. The maximum absolute atomic E-state index is 12.1. The summed E-state index contributed by atoms with van der Waals surface area (Å²) < 4.78 is 5.23. The van der Waals surface area contributed by atoms with E-state index in [2.05, 4.69) is 15.6 Å². The van der Waals surface area contributed by atoms with E-state index in [9.17, 15) is 9.59 Å². The van der Waals surface area contributed by atoms with Crippen molar-refractivity contribution >= 4 is 17.7 Å². The predicted molar refractivity (Wildman–Crippen MR) is 95.8 cm³/mol. The molecule has 8 nitrogen and oxygen atoms in total. The molecular formula is C18H22N4O4. The molecule has 26 heavy (non-hydrogen) atoms. The fourth-order valence-electron chi connectivity index (χ4n) is 3.09. The monoisotopic (exact) mass is 358 g/mol. The maximum Gasteiger partial charge on any atom is 0.319 e. The van der Waals surface area contributed by atoms with E-state index in [4.69, 9.17) is 9.52 Å². The SMILES string of the molecule is CCN(CC(=O)O)C1CC(NC(=O)Nc2ccc(-c3ncco3)cc2)C1. The first kappa shape index (κ1) is 17.9. The Morgan fingerprint density at radius 2 is 2.04 bits per heavy atom. The van der Waals surface area contributed by atoms with Crippen LogP contribution >= 0.6 is 0 Å². The molecule has 1 fully saturated rings. The lowest BCUT2D eigenvalue weighted by Gasteiger charge is -2.42. The lowest BCUT2D eigenvalue weighted by atomic mass is 9.85. The Labute approximate surface area is 151 Å². The highest BCUT2D eigenvalue weighted by Crippen LogP contribution is 2.26. The first-order valence-electron chi connectivity index (χ1n) is 8.58. The van der Waals surface area contributed by atoms with Crippen LogP contribution in [0.1, 0.15) is 19.8 Å². The van der Waals surface area contributed by atoms with Crippen LogP contribution in [0.3, 0.4) is 0 Å². The molecule has 2 aromatic rings. The number of carboxylic acids is 1. The van der Waals surface area contributed by atoms with Crippen molar-refractivity contribution < 1.29 is 19.1 Å². The molecule has 1 aliphatic carbocycles. The average molecular weight is 358 g/mol. The van der Waals surface area contributed by atoms with E-state index >= 15 is 0 Å². The summed E-state index contributed by atoms with van der Waals surface area (Å²) in [5.74, 6) is -0.294. The van der Waals surface area contributed by atoms with Crippen LogP contribution in [0.25, 0.3) is 11.5 Å². The maximum atomic E-state index is 12.1. The lowest BCUT2D eigenvalue weighted by Crippen LogP contribution is -2.55. The molecular weight excluding hydrogens is 336 g/mol. The summed E-state index contributed by atoms with van der Waals surface area (Å²) in [5, 5.41) is 14.6. The molecule has 0 bridgehead atoms. The van der Waals surface area contributed by atoms with E-state index in [0.29, 0.717) is 18.1 Å². The Bertz CT molecular complexity index is 739. The van der Waals surface area contributed by atoms with E-state index in [0.717, 1.165) is 18.4 Å². The van der Waals surface area contributed by atoms with Crippen molar-refractivity contribution in [3.8, 4) is 11.5 Å². The highest BCUT2D eigenvalue weighted by molar-refractivity contribution is 5.89. The molecule has 0 radical (unpaired) electrons. The van der Waals surface area contributed by atoms with E-state index < -0.39 is 5.97 Å². The van der Waals surface area contributed by atoms with Crippen molar-refractivity contribution in [1.29, 1.82) is 0 Å². The minimum atomic E-state index is -0.825. The van der Waals surface area contributed by atoms with Gasteiger partial charge in [0.15, 0.2) is 0 Å². The van der Waals surface area contributed by atoms with Gasteiger partial charge in [0.1, 0.15) is 6.26 Å². The number of carbonyl (C=O) groups excluding carboxylic acids is 1. The molecule has 1 aromatic heterocycles. The highest BCUT2D eigenvalue weighted by atomic mass is 16.4. The van der Waals surface area contributed by atoms with E-state index in [1.54, 1.807) is 18.3 Å². The van der Waals surface area contributed by atoms with Crippen LogP contribution in [-0.4, -0.2) is 52.2 Å². The number of amides is 2. The normalized spacial score (nSPS) is 19.0. The molecule has 0 saturated heterocycles. The zero-order chi connectivity index (χ0) is 18.5. The number of oxazole rings is 1. The van der Waals surface area contributed by atoms with Crippen molar-refractivity contribution in [2.24, 2.45) is 0 Å². The summed E-state index contributed by atoms with van der Waals surface area (Å²) in [6.45, 7) is 2.67. The van der Waals surface area contributed by atoms with Crippen LogP contribution in [0.15, 0.2) is 41.1 Å². The quantitative estimate of drug-likeness (QED) is 0.701. The number of aromatic nitrogens is 1. The number of nitrogens with zero attached hydrogens (tertiary/aromatic N) is 2. The number of hydrogen-bond donors (Lipinski definition) is 3. The number of carbonyl (C=O) groups is 2. The van der Waals surface area contributed by atoms with Gasteiger partial charge < -0.3 is 20.2 Å². The van der Waals surface area contributed by atoms with Crippen LogP contribution < -0.4 is 10.6 Å². The van der Waals surface area contributed by atoms with E-state index in [1.165, 1.54) is 6.26 Å². The molecule has 1 aliphatic rings. The lowest BCUT2D eigenvalue weighted by molar-refractivity contribution is -0.139. The second kappa shape index (κ2) is 8.01. The van der Waals surface area contributed by atoms with Gasteiger partial charge in [-0.3, -0.25) is 9.69 Å². The third-order valence-corrected chi connectivity index (χ3v) is 4.53. The Kier molecular flexibility index (Phi) is 5.52. The molecule has 0 spiro atoms. The minimum Gasteiger partial charge on any atom is -0.480 e. The molecule has 1 heterocycles. The molecule has 0 aliphatic heterocycles. The molecule has 0 atom stereocenters. The van der Waals surface area contributed by atoms with Gasteiger partial charge in [-0.05, 0) is 43.7 Å². The third-order valence-electron chi connectivity index (χ3n) is 4.53. The Balaban J connectivity index is 1.44. The fraction of sp³-hybridized carbons (Fsp3) is 0.389. The standard InChI is InChI=1S/C18H22N4O4/c1-2-22(11-16(23)24)15-9-14(10-15)21-18(25)20-13-5-3-12(4-6-13)17-19-7-8-26-17/h3-8,14-15H,2,9-11H2,1H3,(H,23,24)(H2,20,21,25). The van der Waals surface area contributed by atoms with Gasteiger partial charge in [0.25, 0.3) is 0 Å². The Hall–Kier alpha value is -2.87. The number of nitrogens with one attached hydrogen (secondary N) is 2. The van der Waals surface area contributed by atoms with Crippen LogP contribution in [-0.2, 0) is 4.79 Å². The van der Waals surface area contributed by atoms with Crippen molar-refractivity contribution in [3.63, 3.8) is 0 Å². The second-order valence-corrected chi connectivity index (χ2v) is 6.29. The van der Waals surface area contributed by atoms with Gasteiger partial charge >= 0.3 is 12.0 Å². The number of carboxylic acid groups (broad SMARTS) is 1. The van der Waals surface area contributed by atoms with Crippen molar-refractivity contribution in [2.75, 3.05) is 18.4 Å². The van der Waals surface area contributed by atoms with Crippen molar-refractivity contribution in [2.45, 2.75) is 31.8 Å². The van der Waals surface area contributed by atoms with E-state index in [1.807, 2.05) is 24.0 Å². The number of likely N-dealkylation sites (N-methyl/N-ethyl adjacent to an activating group) is 1. The van der Waals surface area contributed by atoms with Crippen LogP contribution in [0.5, 0.6) is 0 Å². The Morgan fingerprint density at radius 3 is 2.62 bits per heavy atom. The fourth-order valence-corrected chi connectivity index (χ4v) is 3.09. The first-order chi connectivity index (χ1) is 12.5. The second-order valence-electron chi connectivity index (χ2n) is 6.29. The molecule has 1 saturated carbocycles. The van der Waals surface area contributed by atoms with Gasteiger partial charge in [0.05, 0.1) is 12.7 Å². The van der Waals surface area contributed by atoms with E-state index in [-0.39, 0.29) is 24.7 Å². The van der Waals surface area contributed by atoms with Gasteiger partial charge in [-0.2, -0.15) is 0 Å². The Morgan fingerprint density at radius 1 is 1.31 bits per heavy atom. The third kappa shape index (κ3) is 4.40. The smallest absolute Gasteiger partial charge is 0.319 e. The summed E-state index contributed by atoms with van der Waals surface area (Å²) in [6, 6.07) is 7.23. The van der Waals surface area contributed by atoms with Gasteiger partial charge in [0, 0.05) is 23.3 Å². The number of hydrogen-bond acceptors (Lipinski definition) is 5. The molecule has 138 valence electrons. The largest absolute Gasteiger partial charge is 0.480 e. The molecule has 1 aromatic carbocycles. The molecule has 8 heteroatoms. The number of rotatable bonds is 7.